The van der Waals surface area contributed by atoms with E-state index in [0.29, 0.717) is 5.56 Å². The Morgan fingerprint density at radius 2 is 2.40 bits per heavy atom. The Labute approximate surface area is 57.0 Å². The van der Waals surface area contributed by atoms with E-state index < -0.39 is 0 Å². The van der Waals surface area contributed by atoms with Crippen molar-refractivity contribution in [1.82, 2.24) is 10.2 Å². The lowest BCUT2D eigenvalue weighted by Gasteiger charge is -1.99. The van der Waals surface area contributed by atoms with Gasteiger partial charge in [0, 0.05) is 24.9 Å². The number of hydrogen-bond acceptors (Lipinski definition) is 2. The van der Waals surface area contributed by atoms with E-state index in [1.165, 1.54) is 0 Å². The first kappa shape index (κ1) is 5.46. The van der Waals surface area contributed by atoms with Crippen molar-refractivity contribution in [2.24, 2.45) is 4.99 Å². The molecule has 0 saturated heterocycles. The molecule has 4 heteroatoms. The van der Waals surface area contributed by atoms with Crippen molar-refractivity contribution < 1.29 is 0 Å². The third kappa shape index (κ3) is 0.618. The van der Waals surface area contributed by atoms with Crippen LogP contribution in [0.5, 0.6) is 0 Å². The van der Waals surface area contributed by atoms with Crippen molar-refractivity contribution in [2.45, 2.75) is 6.42 Å². The molecule has 1 aromatic heterocycles. The van der Waals surface area contributed by atoms with E-state index in [2.05, 4.69) is 15.2 Å². The van der Waals surface area contributed by atoms with Crippen molar-refractivity contribution in [3.8, 4) is 0 Å². The zero-order chi connectivity index (χ0) is 6.97. The van der Waals surface area contributed by atoms with Gasteiger partial charge in [0.1, 0.15) is 0 Å². The molecule has 4 nitrogen and oxygen atoms in total. The molecule has 0 spiro atoms. The summed E-state index contributed by atoms with van der Waals surface area (Å²) in [6.07, 6.45) is 2.46. The van der Waals surface area contributed by atoms with Crippen LogP contribution in [0.15, 0.2) is 9.79 Å². The molecule has 1 aromatic rings. The van der Waals surface area contributed by atoms with E-state index in [0.717, 1.165) is 18.7 Å². The molecule has 0 unspecified atom stereocenters. The lowest BCUT2D eigenvalue weighted by atomic mass is 10.2. The summed E-state index contributed by atoms with van der Waals surface area (Å²) in [5.41, 5.74) is 1.59. The number of fused-ring (bicyclic) bond motifs is 1. The van der Waals surface area contributed by atoms with E-state index in [1.807, 2.05) is 0 Å². The highest BCUT2D eigenvalue weighted by molar-refractivity contribution is 5.81. The van der Waals surface area contributed by atoms with Gasteiger partial charge in [-0.15, -0.1) is 0 Å². The molecule has 2 heterocycles. The number of hydrogen-bond donors (Lipinski definition) is 2. The van der Waals surface area contributed by atoms with Gasteiger partial charge in [0.2, 0.25) is 0 Å². The first-order valence-corrected chi connectivity index (χ1v) is 3.17. The van der Waals surface area contributed by atoms with Gasteiger partial charge >= 0.3 is 0 Å². The van der Waals surface area contributed by atoms with Crippen LogP contribution >= 0.6 is 0 Å². The normalized spacial score (nSPS) is 15.2. The fourth-order valence-corrected chi connectivity index (χ4v) is 1.07. The van der Waals surface area contributed by atoms with Gasteiger partial charge < -0.3 is 5.10 Å². The molecule has 0 saturated carbocycles. The molecule has 2 rings (SSSR count). The minimum absolute atomic E-state index is 0.0709. The van der Waals surface area contributed by atoms with Gasteiger partial charge in [-0.05, 0) is 0 Å². The van der Waals surface area contributed by atoms with E-state index in [4.69, 9.17) is 0 Å². The SMILES string of the molecule is O=c1[nH][nH]c2c1C=NCC2. The lowest BCUT2D eigenvalue weighted by Crippen LogP contribution is -2.09. The summed E-state index contributed by atoms with van der Waals surface area (Å²) in [7, 11) is 0. The summed E-state index contributed by atoms with van der Waals surface area (Å²) < 4.78 is 0. The third-order valence-electron chi connectivity index (χ3n) is 1.61. The van der Waals surface area contributed by atoms with Crippen LogP contribution in [0.1, 0.15) is 11.3 Å². The van der Waals surface area contributed by atoms with E-state index in [9.17, 15) is 4.79 Å². The van der Waals surface area contributed by atoms with E-state index in [-0.39, 0.29) is 5.56 Å². The Hall–Kier alpha value is -1.32. The van der Waals surface area contributed by atoms with Gasteiger partial charge in [-0.25, -0.2) is 0 Å². The second-order valence-electron chi connectivity index (χ2n) is 2.26. The summed E-state index contributed by atoms with van der Waals surface area (Å²) in [5, 5.41) is 5.30. The maximum atomic E-state index is 10.9. The van der Waals surface area contributed by atoms with Gasteiger partial charge in [0.05, 0.1) is 5.56 Å². The van der Waals surface area contributed by atoms with Crippen molar-refractivity contribution in [3.63, 3.8) is 0 Å². The fourth-order valence-electron chi connectivity index (χ4n) is 1.07. The number of nitrogens with one attached hydrogen (secondary N) is 2. The molecule has 10 heavy (non-hydrogen) atoms. The molecule has 0 bridgehead atoms. The molecular weight excluding hydrogens is 130 g/mol. The maximum absolute atomic E-state index is 10.9. The minimum atomic E-state index is -0.0709. The zero-order valence-electron chi connectivity index (χ0n) is 5.35. The van der Waals surface area contributed by atoms with Gasteiger partial charge in [-0.3, -0.25) is 14.9 Å². The van der Waals surface area contributed by atoms with Crippen molar-refractivity contribution in [2.75, 3.05) is 6.54 Å². The quantitative estimate of drug-likeness (QED) is 0.505. The van der Waals surface area contributed by atoms with Crippen molar-refractivity contribution in [1.29, 1.82) is 0 Å². The predicted octanol–water partition coefficient (Wildman–Crippen LogP) is -0.322. The average molecular weight is 137 g/mol. The van der Waals surface area contributed by atoms with Gasteiger partial charge in [0.15, 0.2) is 0 Å². The van der Waals surface area contributed by atoms with Gasteiger partial charge in [0.25, 0.3) is 5.56 Å². The Morgan fingerprint density at radius 3 is 3.20 bits per heavy atom. The number of aliphatic imine (C=N–C) groups is 1. The largest absolute Gasteiger partial charge is 0.302 e. The van der Waals surface area contributed by atoms with Crippen LogP contribution in [-0.4, -0.2) is 23.0 Å². The molecule has 0 aliphatic carbocycles. The molecule has 1 aliphatic heterocycles. The maximum Gasteiger partial charge on any atom is 0.272 e. The number of nitrogens with zero attached hydrogens (tertiary/aromatic N) is 1. The Kier molecular flexibility index (Phi) is 1.00. The van der Waals surface area contributed by atoms with E-state index >= 15 is 0 Å². The third-order valence-corrected chi connectivity index (χ3v) is 1.61. The average Bonchev–Trinajstić information content (AvgIpc) is 2.34. The van der Waals surface area contributed by atoms with E-state index in [1.54, 1.807) is 6.21 Å². The summed E-state index contributed by atoms with van der Waals surface area (Å²) in [5.74, 6) is 0. The standard InChI is InChI=1S/C6H7N3O/c10-6-4-3-7-2-1-5(4)8-9-6/h3H,1-2H2,(H2,8,9,10). The summed E-state index contributed by atoms with van der Waals surface area (Å²) in [6, 6.07) is 0. The van der Waals surface area contributed by atoms with Crippen LogP contribution in [0.2, 0.25) is 0 Å². The van der Waals surface area contributed by atoms with Crippen LogP contribution in [0.4, 0.5) is 0 Å². The van der Waals surface area contributed by atoms with Crippen LogP contribution in [-0.2, 0) is 6.42 Å². The van der Waals surface area contributed by atoms with Gasteiger partial charge in [-0.2, -0.15) is 0 Å². The fraction of sp³-hybridized carbons (Fsp3) is 0.333. The minimum Gasteiger partial charge on any atom is -0.302 e. The molecular formula is C6H7N3O. The molecule has 0 aromatic carbocycles. The Balaban J connectivity index is 2.68. The summed E-state index contributed by atoms with van der Waals surface area (Å²) >= 11 is 0. The van der Waals surface area contributed by atoms with Crippen LogP contribution in [0.25, 0.3) is 0 Å². The second kappa shape index (κ2) is 1.83. The van der Waals surface area contributed by atoms with Crippen molar-refractivity contribution >= 4 is 6.21 Å². The zero-order valence-corrected chi connectivity index (χ0v) is 5.35. The number of aromatic amines is 2. The molecule has 0 radical (unpaired) electrons. The predicted molar refractivity (Wildman–Crippen MR) is 37.6 cm³/mol. The first-order chi connectivity index (χ1) is 4.88. The van der Waals surface area contributed by atoms with Crippen LogP contribution in [0, 0.1) is 0 Å². The summed E-state index contributed by atoms with van der Waals surface area (Å²) in [6.45, 7) is 0.779. The smallest absolute Gasteiger partial charge is 0.272 e. The highest BCUT2D eigenvalue weighted by Gasteiger charge is 2.09. The molecule has 52 valence electrons. The molecule has 1 aliphatic rings. The lowest BCUT2D eigenvalue weighted by molar-refractivity contribution is 0.890. The first-order valence-electron chi connectivity index (χ1n) is 3.17. The molecule has 2 N–H and O–H groups in total. The summed E-state index contributed by atoms with van der Waals surface area (Å²) in [4.78, 5) is 14.9. The topological polar surface area (TPSA) is 61.0 Å². The van der Waals surface area contributed by atoms with Gasteiger partial charge in [-0.1, -0.05) is 0 Å². The number of aromatic nitrogens is 2. The molecule has 0 atom stereocenters. The second-order valence-corrected chi connectivity index (χ2v) is 2.26. The van der Waals surface area contributed by atoms with Crippen LogP contribution in [0.3, 0.4) is 0 Å². The Bertz CT molecular complexity index is 320. The Morgan fingerprint density at radius 1 is 1.50 bits per heavy atom. The van der Waals surface area contributed by atoms with Crippen LogP contribution < -0.4 is 5.56 Å². The monoisotopic (exact) mass is 137 g/mol. The highest BCUT2D eigenvalue weighted by atomic mass is 16.1. The number of H-pyrrole nitrogens is 2. The molecule has 0 amide bonds. The number of rotatable bonds is 0. The molecule has 0 fully saturated rings. The van der Waals surface area contributed by atoms with Crippen molar-refractivity contribution in [3.05, 3.63) is 21.6 Å². The highest BCUT2D eigenvalue weighted by Crippen LogP contribution is 2.02.